The van der Waals surface area contributed by atoms with Gasteiger partial charge in [-0.3, -0.25) is 19.3 Å². The number of hydrogen-bond donors (Lipinski definition) is 0. The third-order valence-electron chi connectivity index (χ3n) is 5.37. The molecule has 0 aliphatic carbocycles. The summed E-state index contributed by atoms with van der Waals surface area (Å²) in [6, 6.07) is 2.87. The van der Waals surface area contributed by atoms with E-state index in [9.17, 15) is 19.2 Å². The number of nitrogens with zero attached hydrogens (tertiary/aromatic N) is 4. The minimum absolute atomic E-state index is 0.0916. The molecule has 140 valence electrons. The van der Waals surface area contributed by atoms with Crippen LogP contribution in [0.2, 0.25) is 0 Å². The fraction of sp³-hybridized carbons (Fsp3) is 0.529. The first-order chi connectivity index (χ1) is 12.3. The molecule has 2 aliphatic rings. The highest BCUT2D eigenvalue weighted by Crippen LogP contribution is 2.35. The number of hydrogen-bond acceptors (Lipinski definition) is 5. The van der Waals surface area contributed by atoms with Gasteiger partial charge in [0.25, 0.3) is 11.5 Å². The number of rotatable bonds is 3. The van der Waals surface area contributed by atoms with Gasteiger partial charge in [0.1, 0.15) is 12.1 Å². The predicted molar refractivity (Wildman–Crippen MR) is 91.7 cm³/mol. The molecule has 2 saturated heterocycles. The van der Waals surface area contributed by atoms with Crippen LogP contribution in [-0.2, 0) is 16.1 Å². The van der Waals surface area contributed by atoms with E-state index in [1.807, 2.05) is 0 Å². The molecule has 2 aliphatic heterocycles. The van der Waals surface area contributed by atoms with E-state index in [0.717, 1.165) is 4.90 Å². The molecule has 0 radical (unpaired) electrons. The van der Waals surface area contributed by atoms with Crippen LogP contribution < -0.4 is 10.3 Å². The van der Waals surface area contributed by atoms with Crippen LogP contribution in [0.15, 0.2) is 23.1 Å². The summed E-state index contributed by atoms with van der Waals surface area (Å²) in [5, 5.41) is 0. The second kappa shape index (κ2) is 6.47. The molecular weight excluding hydrogens is 340 g/mol. The standard InChI is InChI=1S/C17H22N4O5/c1-18-15(24)17(19(2)16(18)25)6-9-20(10-7-17)13(22)11-21-8-4-5-12(26-3)14(21)23/h4-5,8H,6-7,9-11H2,1-3H3. The first kappa shape index (κ1) is 18.0. The molecule has 4 amide bonds. The van der Waals surface area contributed by atoms with Gasteiger partial charge in [0, 0.05) is 33.4 Å². The van der Waals surface area contributed by atoms with E-state index >= 15 is 0 Å². The van der Waals surface area contributed by atoms with Crippen LogP contribution in [0.25, 0.3) is 0 Å². The summed E-state index contributed by atoms with van der Waals surface area (Å²) in [7, 11) is 4.50. The molecule has 0 saturated carbocycles. The lowest BCUT2D eigenvalue weighted by molar-refractivity contribution is -0.140. The van der Waals surface area contributed by atoms with Crippen LogP contribution in [0.3, 0.4) is 0 Å². The van der Waals surface area contributed by atoms with E-state index in [-0.39, 0.29) is 35.7 Å². The highest BCUT2D eigenvalue weighted by atomic mass is 16.5. The first-order valence-electron chi connectivity index (χ1n) is 8.39. The number of carbonyl (C=O) groups is 3. The fourth-order valence-electron chi connectivity index (χ4n) is 3.67. The molecule has 1 aromatic heterocycles. The minimum Gasteiger partial charge on any atom is -0.491 e. The van der Waals surface area contributed by atoms with Gasteiger partial charge >= 0.3 is 6.03 Å². The zero-order valence-electron chi connectivity index (χ0n) is 15.1. The van der Waals surface area contributed by atoms with Crippen molar-refractivity contribution < 1.29 is 19.1 Å². The molecule has 0 N–H and O–H groups in total. The largest absolute Gasteiger partial charge is 0.491 e. The van der Waals surface area contributed by atoms with E-state index in [1.165, 1.54) is 29.8 Å². The maximum Gasteiger partial charge on any atom is 0.327 e. The quantitative estimate of drug-likeness (QED) is 0.691. The molecule has 1 aromatic rings. The molecule has 3 heterocycles. The highest BCUT2D eigenvalue weighted by Gasteiger charge is 2.55. The number of likely N-dealkylation sites (N-methyl/N-ethyl adjacent to an activating group) is 2. The minimum atomic E-state index is -0.866. The van der Waals surface area contributed by atoms with Crippen LogP contribution in [0.1, 0.15) is 12.8 Å². The number of carbonyl (C=O) groups excluding carboxylic acids is 3. The number of urea groups is 1. The lowest BCUT2D eigenvalue weighted by Gasteiger charge is -2.40. The Morgan fingerprint density at radius 2 is 1.85 bits per heavy atom. The second-order valence-corrected chi connectivity index (χ2v) is 6.63. The molecule has 0 bridgehead atoms. The van der Waals surface area contributed by atoms with Gasteiger partial charge in [0.15, 0.2) is 5.75 Å². The number of aromatic nitrogens is 1. The van der Waals surface area contributed by atoms with Gasteiger partial charge in [0.2, 0.25) is 5.91 Å². The van der Waals surface area contributed by atoms with Crippen LogP contribution in [0, 0.1) is 0 Å². The molecule has 0 unspecified atom stereocenters. The Morgan fingerprint density at radius 1 is 1.19 bits per heavy atom. The molecular formula is C17H22N4O5. The van der Waals surface area contributed by atoms with Crippen molar-refractivity contribution in [1.82, 2.24) is 19.3 Å². The van der Waals surface area contributed by atoms with Crippen molar-refractivity contribution in [3.8, 4) is 5.75 Å². The third kappa shape index (κ3) is 2.63. The second-order valence-electron chi connectivity index (χ2n) is 6.63. The van der Waals surface area contributed by atoms with E-state index in [1.54, 1.807) is 24.1 Å². The maximum absolute atomic E-state index is 12.6. The molecule has 0 atom stereocenters. The molecule has 9 heteroatoms. The van der Waals surface area contributed by atoms with Crippen LogP contribution in [-0.4, -0.2) is 76.9 Å². The van der Waals surface area contributed by atoms with Gasteiger partial charge in [-0.05, 0) is 25.0 Å². The van der Waals surface area contributed by atoms with Crippen molar-refractivity contribution in [2.45, 2.75) is 24.9 Å². The van der Waals surface area contributed by atoms with Crippen LogP contribution >= 0.6 is 0 Å². The Labute approximate surface area is 150 Å². The van der Waals surface area contributed by atoms with E-state index < -0.39 is 5.54 Å². The topological polar surface area (TPSA) is 92.2 Å². The number of piperidine rings is 1. The summed E-state index contributed by atoms with van der Waals surface area (Å²) in [4.78, 5) is 53.5. The van der Waals surface area contributed by atoms with Gasteiger partial charge in [-0.2, -0.15) is 0 Å². The van der Waals surface area contributed by atoms with Gasteiger partial charge in [-0.1, -0.05) is 0 Å². The summed E-state index contributed by atoms with van der Waals surface area (Å²) in [6.07, 6.45) is 2.31. The van der Waals surface area contributed by atoms with Crippen molar-refractivity contribution in [1.29, 1.82) is 0 Å². The Kier molecular flexibility index (Phi) is 4.47. The summed E-state index contributed by atoms with van der Waals surface area (Å²) in [5.41, 5.74) is -1.23. The van der Waals surface area contributed by atoms with Gasteiger partial charge in [-0.25, -0.2) is 4.79 Å². The van der Waals surface area contributed by atoms with Crippen molar-refractivity contribution in [2.75, 3.05) is 34.3 Å². The Balaban J connectivity index is 1.69. The number of pyridine rings is 1. The Hall–Kier alpha value is -2.84. The van der Waals surface area contributed by atoms with Gasteiger partial charge in [-0.15, -0.1) is 0 Å². The average Bonchev–Trinajstić information content (AvgIpc) is 2.80. The van der Waals surface area contributed by atoms with Gasteiger partial charge < -0.3 is 19.1 Å². The molecule has 3 rings (SSSR count). The molecule has 0 aromatic carbocycles. The summed E-state index contributed by atoms with van der Waals surface area (Å²) < 4.78 is 6.28. The highest BCUT2D eigenvalue weighted by molar-refractivity contribution is 6.06. The van der Waals surface area contributed by atoms with Crippen molar-refractivity contribution in [3.05, 3.63) is 28.7 Å². The molecule has 2 fully saturated rings. The van der Waals surface area contributed by atoms with Crippen LogP contribution in [0.5, 0.6) is 5.75 Å². The number of likely N-dealkylation sites (tertiary alicyclic amines) is 1. The van der Waals surface area contributed by atoms with E-state index in [4.69, 9.17) is 4.74 Å². The fourth-order valence-corrected chi connectivity index (χ4v) is 3.67. The molecule has 9 nitrogen and oxygen atoms in total. The average molecular weight is 362 g/mol. The smallest absolute Gasteiger partial charge is 0.327 e. The van der Waals surface area contributed by atoms with Crippen LogP contribution in [0.4, 0.5) is 4.79 Å². The molecule has 26 heavy (non-hydrogen) atoms. The van der Waals surface area contributed by atoms with Crippen molar-refractivity contribution in [2.24, 2.45) is 0 Å². The number of ether oxygens (including phenoxy) is 1. The van der Waals surface area contributed by atoms with Crippen molar-refractivity contribution in [3.63, 3.8) is 0 Å². The predicted octanol–water partition coefficient (Wildman–Crippen LogP) is -0.258. The van der Waals surface area contributed by atoms with E-state index in [0.29, 0.717) is 25.9 Å². The zero-order valence-corrected chi connectivity index (χ0v) is 15.1. The van der Waals surface area contributed by atoms with Gasteiger partial charge in [0.05, 0.1) is 7.11 Å². The lowest BCUT2D eigenvalue weighted by atomic mass is 9.86. The third-order valence-corrected chi connectivity index (χ3v) is 5.37. The SMILES string of the molecule is COc1cccn(CC(=O)N2CCC3(CC2)C(=O)N(C)C(=O)N3C)c1=O. The summed E-state index contributed by atoms with van der Waals surface area (Å²) >= 11 is 0. The van der Waals surface area contributed by atoms with E-state index in [2.05, 4.69) is 0 Å². The Morgan fingerprint density at radius 3 is 2.38 bits per heavy atom. The number of amides is 4. The molecule has 1 spiro atoms. The maximum atomic E-state index is 12.6. The lowest BCUT2D eigenvalue weighted by Crippen LogP contribution is -2.56. The monoisotopic (exact) mass is 362 g/mol. The summed E-state index contributed by atoms with van der Waals surface area (Å²) in [5.74, 6) is -0.248. The number of imide groups is 1. The normalized spacial score (nSPS) is 19.4. The van der Waals surface area contributed by atoms with Crippen molar-refractivity contribution >= 4 is 17.8 Å². The Bertz CT molecular complexity index is 810. The zero-order chi connectivity index (χ0) is 19.1. The number of methoxy groups -OCH3 is 1. The summed E-state index contributed by atoms with van der Waals surface area (Å²) in [6.45, 7) is 0.620. The first-order valence-corrected chi connectivity index (χ1v) is 8.39.